The average Bonchev–Trinajstić information content (AvgIpc) is 3.04. The highest BCUT2D eigenvalue weighted by Crippen LogP contribution is 2.43. The topological polar surface area (TPSA) is 105 Å². The lowest BCUT2D eigenvalue weighted by molar-refractivity contribution is -0.870. The molecule has 1 amide bonds. The van der Waals surface area contributed by atoms with Gasteiger partial charge in [0.1, 0.15) is 13.2 Å². The minimum Gasteiger partial charge on any atom is -0.387 e. The van der Waals surface area contributed by atoms with Gasteiger partial charge in [0.2, 0.25) is 5.91 Å². The van der Waals surface area contributed by atoms with Crippen LogP contribution in [0.4, 0.5) is 0 Å². The van der Waals surface area contributed by atoms with Crippen molar-refractivity contribution in [2.24, 2.45) is 0 Å². The minimum atomic E-state index is -4.35. The van der Waals surface area contributed by atoms with E-state index in [1.54, 1.807) is 6.08 Å². The van der Waals surface area contributed by atoms with Crippen LogP contribution in [0.2, 0.25) is 0 Å². The summed E-state index contributed by atoms with van der Waals surface area (Å²) in [5.41, 5.74) is 0. The normalized spacial score (nSPS) is 15.2. The maximum atomic E-state index is 12.7. The van der Waals surface area contributed by atoms with Gasteiger partial charge in [0, 0.05) is 6.42 Å². The van der Waals surface area contributed by atoms with Crippen molar-refractivity contribution in [3.63, 3.8) is 0 Å². The molecule has 0 saturated heterocycles. The number of amides is 1. The molecule has 0 aliphatic heterocycles. The zero-order chi connectivity index (χ0) is 36.5. The summed E-state index contributed by atoms with van der Waals surface area (Å²) < 4.78 is 23.4. The van der Waals surface area contributed by atoms with E-state index in [9.17, 15) is 19.4 Å². The number of carbonyl (C=O) groups is 1. The van der Waals surface area contributed by atoms with E-state index in [4.69, 9.17) is 9.05 Å². The van der Waals surface area contributed by atoms with Gasteiger partial charge in [-0.05, 0) is 64.2 Å². The number of nitrogens with one attached hydrogen (secondary N) is 1. The summed E-state index contributed by atoms with van der Waals surface area (Å²) in [5.74, 6) is -0.231. The molecule has 0 heterocycles. The average molecular weight is 712 g/mol. The molecule has 3 atom stereocenters. The summed E-state index contributed by atoms with van der Waals surface area (Å²) in [6.07, 6.45) is 39.1. The first-order valence-corrected chi connectivity index (χ1v) is 21.0. The molecule has 0 rings (SSSR count). The van der Waals surface area contributed by atoms with Crippen molar-refractivity contribution >= 4 is 13.7 Å². The Bertz CT molecular complexity index is 944. The lowest BCUT2D eigenvalue weighted by Gasteiger charge is -2.25. The molecule has 0 aromatic carbocycles. The van der Waals surface area contributed by atoms with Crippen molar-refractivity contribution in [3.05, 3.63) is 48.6 Å². The molecule has 3 unspecified atom stereocenters. The van der Waals surface area contributed by atoms with E-state index in [0.29, 0.717) is 23.9 Å². The van der Waals surface area contributed by atoms with Crippen molar-refractivity contribution in [2.45, 2.75) is 161 Å². The summed E-state index contributed by atoms with van der Waals surface area (Å²) in [4.78, 5) is 22.9. The predicted octanol–water partition coefficient (Wildman–Crippen LogP) is 10.1. The number of likely N-dealkylation sites (N-methyl/N-ethyl adjacent to an activating group) is 1. The number of hydrogen-bond acceptors (Lipinski definition) is 5. The Balaban J connectivity index is 4.60. The first kappa shape index (κ1) is 47.5. The number of carbonyl (C=O) groups excluding carboxylic acids is 1. The van der Waals surface area contributed by atoms with E-state index in [1.807, 2.05) is 27.2 Å². The van der Waals surface area contributed by atoms with Crippen LogP contribution in [0.25, 0.3) is 0 Å². The Morgan fingerprint density at radius 1 is 0.673 bits per heavy atom. The number of hydrogen-bond donors (Lipinski definition) is 3. The molecule has 286 valence electrons. The smallest absolute Gasteiger partial charge is 0.387 e. The number of allylic oxidation sites excluding steroid dienone is 7. The van der Waals surface area contributed by atoms with E-state index < -0.39 is 20.0 Å². The number of phosphoric ester groups is 1. The van der Waals surface area contributed by atoms with E-state index >= 15 is 0 Å². The molecule has 0 spiro atoms. The quantitative estimate of drug-likeness (QED) is 0.0266. The molecule has 0 aliphatic rings. The molecular weight excluding hydrogens is 635 g/mol. The fourth-order valence-electron chi connectivity index (χ4n) is 5.07. The largest absolute Gasteiger partial charge is 0.472 e. The predicted molar refractivity (Wildman–Crippen MR) is 207 cm³/mol. The van der Waals surface area contributed by atoms with Gasteiger partial charge in [-0.25, -0.2) is 4.57 Å². The number of aliphatic hydroxyl groups excluding tert-OH is 1. The van der Waals surface area contributed by atoms with Gasteiger partial charge < -0.3 is 19.8 Å². The Labute approximate surface area is 301 Å². The zero-order valence-electron chi connectivity index (χ0n) is 32.2. The van der Waals surface area contributed by atoms with Crippen LogP contribution in [0.15, 0.2) is 48.6 Å². The van der Waals surface area contributed by atoms with Crippen molar-refractivity contribution < 1.29 is 32.9 Å². The van der Waals surface area contributed by atoms with Crippen LogP contribution >= 0.6 is 7.82 Å². The van der Waals surface area contributed by atoms with Gasteiger partial charge >= 0.3 is 7.82 Å². The maximum absolute atomic E-state index is 12.7. The van der Waals surface area contributed by atoms with Gasteiger partial charge in [-0.1, -0.05) is 127 Å². The molecule has 0 bridgehead atoms. The van der Waals surface area contributed by atoms with E-state index in [-0.39, 0.29) is 19.1 Å². The second-order valence-corrected chi connectivity index (χ2v) is 15.7. The van der Waals surface area contributed by atoms with Gasteiger partial charge in [-0.3, -0.25) is 13.8 Å². The van der Waals surface area contributed by atoms with Crippen LogP contribution in [0.1, 0.15) is 149 Å². The van der Waals surface area contributed by atoms with Gasteiger partial charge in [0.15, 0.2) is 0 Å². The van der Waals surface area contributed by atoms with Gasteiger partial charge in [0.25, 0.3) is 0 Å². The lowest BCUT2D eigenvalue weighted by Crippen LogP contribution is -2.45. The Morgan fingerprint density at radius 2 is 1.12 bits per heavy atom. The Hall–Kier alpha value is -1.54. The zero-order valence-corrected chi connectivity index (χ0v) is 33.1. The molecule has 3 N–H and O–H groups in total. The number of phosphoric acid groups is 1. The summed E-state index contributed by atoms with van der Waals surface area (Å²) in [6, 6.07) is -0.881. The number of nitrogens with zero attached hydrogens (tertiary/aromatic N) is 1. The van der Waals surface area contributed by atoms with E-state index in [1.165, 1.54) is 83.5 Å². The minimum absolute atomic E-state index is 0.0476. The molecule has 9 heteroatoms. The third-order valence-electron chi connectivity index (χ3n) is 8.25. The second kappa shape index (κ2) is 32.4. The molecule has 0 fully saturated rings. The van der Waals surface area contributed by atoms with Crippen LogP contribution in [-0.2, 0) is 18.4 Å². The highest BCUT2D eigenvalue weighted by atomic mass is 31.2. The van der Waals surface area contributed by atoms with Crippen molar-refractivity contribution in [1.82, 2.24) is 5.32 Å². The molecule has 49 heavy (non-hydrogen) atoms. The van der Waals surface area contributed by atoms with Gasteiger partial charge in [-0.2, -0.15) is 0 Å². The molecule has 0 radical (unpaired) electrons. The number of quaternary nitrogens is 1. The Morgan fingerprint density at radius 3 is 1.65 bits per heavy atom. The fourth-order valence-corrected chi connectivity index (χ4v) is 5.81. The van der Waals surface area contributed by atoms with Gasteiger partial charge in [-0.15, -0.1) is 0 Å². The molecule has 8 nitrogen and oxygen atoms in total. The maximum Gasteiger partial charge on any atom is 0.472 e. The number of rotatable bonds is 34. The SMILES string of the molecule is CCCCCC/C=C\CCCC(=O)NC(COP(=O)(O)OCC[N+](C)(C)C)C(O)/C=C/CC/C=C/CC/C=C/CCCCCCCCCC. The lowest BCUT2D eigenvalue weighted by atomic mass is 10.1. The number of unbranched alkanes of at least 4 members (excludes halogenated alkanes) is 15. The van der Waals surface area contributed by atoms with Crippen LogP contribution in [0, 0.1) is 0 Å². The summed E-state index contributed by atoms with van der Waals surface area (Å²) in [7, 11) is 1.52. The van der Waals surface area contributed by atoms with Crippen molar-refractivity contribution in [2.75, 3.05) is 40.9 Å². The highest BCUT2D eigenvalue weighted by molar-refractivity contribution is 7.47. The molecule has 0 saturated carbocycles. The van der Waals surface area contributed by atoms with Gasteiger partial charge in [0.05, 0.1) is 39.9 Å². The van der Waals surface area contributed by atoms with Crippen LogP contribution < -0.4 is 5.32 Å². The van der Waals surface area contributed by atoms with Crippen molar-refractivity contribution in [3.8, 4) is 0 Å². The van der Waals surface area contributed by atoms with E-state index in [0.717, 1.165) is 38.5 Å². The molecular formula is C40H76N2O6P+. The first-order valence-electron chi connectivity index (χ1n) is 19.5. The van der Waals surface area contributed by atoms with Crippen LogP contribution in [0.5, 0.6) is 0 Å². The fraction of sp³-hybridized carbons (Fsp3) is 0.775. The monoisotopic (exact) mass is 712 g/mol. The van der Waals surface area contributed by atoms with E-state index in [2.05, 4.69) is 55.6 Å². The Kier molecular flexibility index (Phi) is 31.4. The third-order valence-corrected chi connectivity index (χ3v) is 9.23. The van der Waals surface area contributed by atoms with Crippen LogP contribution in [0.3, 0.4) is 0 Å². The number of aliphatic hydroxyl groups is 1. The highest BCUT2D eigenvalue weighted by Gasteiger charge is 2.27. The molecule has 0 aliphatic carbocycles. The van der Waals surface area contributed by atoms with Crippen LogP contribution in [-0.4, -0.2) is 73.4 Å². The summed E-state index contributed by atoms with van der Waals surface area (Å²) >= 11 is 0. The molecule has 0 aromatic heterocycles. The standard InChI is InChI=1S/C40H75N2O6P/c1-6-8-10-12-14-16-17-18-19-20-21-22-23-24-26-27-29-31-33-39(43)38(37-48-49(45,46)47-36-35-42(3,4)5)41-40(44)34-32-30-28-25-15-13-11-9-7-2/h20-21,24-26,28,31,33,38-39,43H,6-19,22-23,27,29-30,32,34-37H2,1-5H3,(H-,41,44,45,46)/p+1/b21-20+,26-24+,28-25-,33-31+. The summed E-state index contributed by atoms with van der Waals surface area (Å²) in [6.45, 7) is 4.69. The second-order valence-electron chi connectivity index (χ2n) is 14.3. The third kappa shape index (κ3) is 34.7. The van der Waals surface area contributed by atoms with Crippen molar-refractivity contribution in [1.29, 1.82) is 0 Å². The first-order chi connectivity index (χ1) is 23.5. The molecule has 0 aromatic rings. The summed E-state index contributed by atoms with van der Waals surface area (Å²) in [5, 5.41) is 13.7.